The maximum atomic E-state index is 14.8. The van der Waals surface area contributed by atoms with Crippen LogP contribution >= 0.6 is 0 Å². The van der Waals surface area contributed by atoms with Gasteiger partial charge in [0.05, 0.1) is 0 Å². The van der Waals surface area contributed by atoms with E-state index in [0.717, 1.165) is 32.5 Å². The average Bonchev–Trinajstić information content (AvgIpc) is 3.09. The van der Waals surface area contributed by atoms with E-state index in [1.807, 2.05) is 0 Å². The number of carbonyl (C=O) groups is 1. The molecule has 2 saturated carbocycles. The number of nitrogens with zero attached hydrogens (tertiary/aromatic N) is 1. The van der Waals surface area contributed by atoms with E-state index in [1.54, 1.807) is 0 Å². The van der Waals surface area contributed by atoms with E-state index in [4.69, 9.17) is 4.74 Å². The van der Waals surface area contributed by atoms with E-state index in [1.165, 1.54) is 38.5 Å². The highest BCUT2D eigenvalue weighted by atomic mass is 19.1. The number of fused-ring (bicyclic) bond motifs is 1. The van der Waals surface area contributed by atoms with Gasteiger partial charge >= 0.3 is 0 Å². The molecule has 2 aliphatic heterocycles. The number of nitrogens with one attached hydrogen (secondary N) is 1. The zero-order valence-corrected chi connectivity index (χ0v) is 16.8. The fourth-order valence-electron chi connectivity index (χ4n) is 5.72. The van der Waals surface area contributed by atoms with Gasteiger partial charge in [0.25, 0.3) is 0 Å². The molecule has 5 heteroatoms. The van der Waals surface area contributed by atoms with Crippen LogP contribution in [0.4, 0.5) is 4.39 Å². The summed E-state index contributed by atoms with van der Waals surface area (Å²) in [4.78, 5) is 14.9. The first kappa shape index (κ1) is 19.6. The molecule has 2 heterocycles. The second-order valence-electron chi connectivity index (χ2n) is 9.59. The quantitative estimate of drug-likeness (QED) is 0.793. The van der Waals surface area contributed by atoms with Crippen molar-refractivity contribution in [3.63, 3.8) is 0 Å². The number of carbonyl (C=O) groups excluding carboxylic acids is 1. The van der Waals surface area contributed by atoms with Crippen LogP contribution in [0.2, 0.25) is 0 Å². The Morgan fingerprint density at radius 3 is 2.22 bits per heavy atom. The lowest BCUT2D eigenvalue weighted by atomic mass is 9.95. The number of hydrogen-bond donors (Lipinski definition) is 1. The summed E-state index contributed by atoms with van der Waals surface area (Å²) >= 11 is 0. The number of alkyl halides is 1. The molecule has 154 valence electrons. The Morgan fingerprint density at radius 2 is 1.59 bits per heavy atom. The van der Waals surface area contributed by atoms with Gasteiger partial charge in [-0.05, 0) is 30.6 Å². The minimum Gasteiger partial charge on any atom is -0.381 e. The highest BCUT2D eigenvalue weighted by Gasteiger charge is 2.56. The third kappa shape index (κ3) is 5.03. The van der Waals surface area contributed by atoms with E-state index in [9.17, 15) is 9.18 Å². The summed E-state index contributed by atoms with van der Waals surface area (Å²) in [6.07, 6.45) is 10.9. The van der Waals surface area contributed by atoms with Gasteiger partial charge in [0, 0.05) is 58.2 Å². The predicted molar refractivity (Wildman–Crippen MR) is 104 cm³/mol. The maximum Gasteiger partial charge on any atom is 0.223 e. The molecular formula is C22H37FN2O2. The first-order chi connectivity index (χ1) is 13.1. The van der Waals surface area contributed by atoms with Crippen molar-refractivity contribution in [2.24, 2.45) is 23.7 Å². The summed E-state index contributed by atoms with van der Waals surface area (Å²) in [6.45, 7) is 4.57. The van der Waals surface area contributed by atoms with Crippen molar-refractivity contribution in [3.05, 3.63) is 0 Å². The highest BCUT2D eigenvalue weighted by Crippen LogP contribution is 2.51. The third-order valence-electron chi connectivity index (χ3n) is 7.58. The first-order valence-electron chi connectivity index (χ1n) is 11.4. The Morgan fingerprint density at radius 1 is 1.00 bits per heavy atom. The van der Waals surface area contributed by atoms with E-state index >= 15 is 0 Å². The van der Waals surface area contributed by atoms with Crippen LogP contribution in [0.25, 0.3) is 0 Å². The van der Waals surface area contributed by atoms with Crippen molar-refractivity contribution in [1.82, 2.24) is 10.2 Å². The molecule has 4 rings (SSSR count). The minimum absolute atomic E-state index is 0.234. The molecule has 4 nitrogen and oxygen atoms in total. The van der Waals surface area contributed by atoms with E-state index in [2.05, 4.69) is 10.2 Å². The van der Waals surface area contributed by atoms with Crippen molar-refractivity contribution >= 4 is 5.91 Å². The van der Waals surface area contributed by atoms with Crippen LogP contribution in [0.15, 0.2) is 0 Å². The number of piperidine rings is 1. The van der Waals surface area contributed by atoms with Gasteiger partial charge < -0.3 is 10.1 Å². The molecule has 0 aromatic heterocycles. The number of halogens is 1. The Labute approximate surface area is 163 Å². The van der Waals surface area contributed by atoms with Crippen LogP contribution in [0, 0.1) is 23.7 Å². The monoisotopic (exact) mass is 380 g/mol. The van der Waals surface area contributed by atoms with Crippen molar-refractivity contribution < 1.29 is 13.9 Å². The smallest absolute Gasteiger partial charge is 0.223 e. The van der Waals surface area contributed by atoms with Gasteiger partial charge in [-0.3, -0.25) is 9.69 Å². The van der Waals surface area contributed by atoms with Gasteiger partial charge in [0.2, 0.25) is 5.91 Å². The second-order valence-corrected chi connectivity index (χ2v) is 9.59. The summed E-state index contributed by atoms with van der Waals surface area (Å²) in [5.74, 6) is 2.51. The lowest BCUT2D eigenvalue weighted by Crippen LogP contribution is -2.44. The summed E-state index contributed by atoms with van der Waals surface area (Å²) in [7, 11) is 0. The predicted octanol–water partition coefficient (Wildman–Crippen LogP) is 3.55. The lowest BCUT2D eigenvalue weighted by molar-refractivity contribution is -0.125. The molecule has 0 spiro atoms. The fourth-order valence-corrected chi connectivity index (χ4v) is 5.72. The van der Waals surface area contributed by atoms with E-state index < -0.39 is 5.67 Å². The molecule has 2 saturated heterocycles. The van der Waals surface area contributed by atoms with E-state index in [-0.39, 0.29) is 5.92 Å². The van der Waals surface area contributed by atoms with Gasteiger partial charge in [-0.15, -0.1) is 0 Å². The lowest BCUT2D eigenvalue weighted by Gasteiger charge is -2.34. The van der Waals surface area contributed by atoms with Crippen LogP contribution in [0.3, 0.4) is 0 Å². The van der Waals surface area contributed by atoms with Crippen LogP contribution in [0.1, 0.15) is 64.2 Å². The Kier molecular flexibility index (Phi) is 6.38. The Hall–Kier alpha value is -0.680. The number of ether oxygens (including phenoxy) is 1. The number of hydrogen-bond acceptors (Lipinski definition) is 3. The molecule has 0 aromatic rings. The topological polar surface area (TPSA) is 41.6 Å². The molecule has 4 fully saturated rings. The average molecular weight is 381 g/mol. The second kappa shape index (κ2) is 8.77. The Balaban J connectivity index is 1.16. The van der Waals surface area contributed by atoms with Crippen molar-refractivity contribution in [3.8, 4) is 0 Å². The van der Waals surface area contributed by atoms with Crippen LogP contribution in [-0.4, -0.2) is 55.9 Å². The maximum absolute atomic E-state index is 14.8. The van der Waals surface area contributed by atoms with Gasteiger partial charge in [-0.25, -0.2) is 4.39 Å². The number of rotatable bonds is 5. The van der Waals surface area contributed by atoms with E-state index in [0.29, 0.717) is 56.3 Å². The molecule has 2 atom stereocenters. The molecule has 1 N–H and O–H groups in total. The number of likely N-dealkylation sites (tertiary alicyclic amines) is 1. The SMILES string of the molecule is O=C(NCC1C2CN(CC3(F)CCOCC3)CC12)C1CCCCCCCC1. The molecular weight excluding hydrogens is 343 g/mol. The van der Waals surface area contributed by atoms with Crippen molar-refractivity contribution in [2.75, 3.05) is 39.4 Å². The van der Waals surface area contributed by atoms with Crippen molar-refractivity contribution in [1.29, 1.82) is 0 Å². The molecule has 27 heavy (non-hydrogen) atoms. The van der Waals surface area contributed by atoms with Gasteiger partial charge in [0.15, 0.2) is 0 Å². The standard InChI is InChI=1S/C22H37FN2O2/c23-22(9-11-27-12-10-22)16-25-14-19-18(20(19)15-25)13-24-21(26)17-7-5-3-1-2-4-6-8-17/h17-20H,1-16H2,(H,24,26). The molecule has 4 aliphatic rings. The summed E-state index contributed by atoms with van der Waals surface area (Å²) in [6, 6.07) is 0. The third-order valence-corrected chi connectivity index (χ3v) is 7.58. The normalized spacial score (nSPS) is 34.9. The molecule has 2 aliphatic carbocycles. The van der Waals surface area contributed by atoms with Crippen LogP contribution in [-0.2, 0) is 9.53 Å². The molecule has 0 aromatic carbocycles. The highest BCUT2D eigenvalue weighted by molar-refractivity contribution is 5.78. The number of amides is 1. The van der Waals surface area contributed by atoms with Crippen LogP contribution < -0.4 is 5.32 Å². The molecule has 2 unspecified atom stereocenters. The molecule has 0 radical (unpaired) electrons. The molecule has 0 bridgehead atoms. The largest absolute Gasteiger partial charge is 0.381 e. The van der Waals surface area contributed by atoms with Crippen LogP contribution in [0.5, 0.6) is 0 Å². The van der Waals surface area contributed by atoms with Gasteiger partial charge in [-0.2, -0.15) is 0 Å². The summed E-state index contributed by atoms with van der Waals surface area (Å²) in [5.41, 5.74) is -1.05. The minimum atomic E-state index is -1.05. The Bertz CT molecular complexity index is 487. The molecule has 1 amide bonds. The van der Waals surface area contributed by atoms with Crippen molar-refractivity contribution in [2.45, 2.75) is 69.9 Å². The summed E-state index contributed by atoms with van der Waals surface area (Å²) in [5, 5.41) is 3.27. The zero-order valence-electron chi connectivity index (χ0n) is 16.8. The van der Waals surface area contributed by atoms with Gasteiger partial charge in [-0.1, -0.05) is 38.5 Å². The first-order valence-corrected chi connectivity index (χ1v) is 11.4. The zero-order chi connectivity index (χ0) is 18.7. The van der Waals surface area contributed by atoms with Gasteiger partial charge in [0.1, 0.15) is 5.67 Å². The summed E-state index contributed by atoms with van der Waals surface area (Å²) < 4.78 is 20.1. The fraction of sp³-hybridized carbons (Fsp3) is 0.955.